The number of amides is 1. The van der Waals surface area contributed by atoms with Gasteiger partial charge in [-0.15, -0.1) is 0 Å². The average molecular weight is 312 g/mol. The van der Waals surface area contributed by atoms with Crippen molar-refractivity contribution < 1.29 is 31.1 Å². The zero-order valence-electron chi connectivity index (χ0n) is 10.4. The van der Waals surface area contributed by atoms with Crippen LogP contribution in [0, 0.1) is 0 Å². The first-order valence-electron chi connectivity index (χ1n) is 5.92. The number of hydrogen-bond donors (Lipinski definition) is 2. The van der Waals surface area contributed by atoms with Gasteiger partial charge in [-0.05, 0) is 30.2 Å². The summed E-state index contributed by atoms with van der Waals surface area (Å²) in [6, 6.07) is 1.62. The Labute approximate surface area is 115 Å². The summed E-state index contributed by atoms with van der Waals surface area (Å²) in [5, 5.41) is 4.51. The molecule has 2 rings (SSSR count). The van der Waals surface area contributed by atoms with Gasteiger partial charge < -0.3 is 10.6 Å². The van der Waals surface area contributed by atoms with Crippen molar-refractivity contribution in [3.63, 3.8) is 0 Å². The number of halogens is 6. The molecule has 1 aromatic rings. The molecular formula is C12H10F6N2O. The van der Waals surface area contributed by atoms with Gasteiger partial charge in [0.05, 0.1) is 11.6 Å². The number of carbonyl (C=O) groups is 1. The first-order valence-corrected chi connectivity index (χ1v) is 5.92. The molecule has 0 fully saturated rings. The molecule has 0 saturated heterocycles. The van der Waals surface area contributed by atoms with E-state index < -0.39 is 29.9 Å². The fourth-order valence-corrected chi connectivity index (χ4v) is 2.09. The molecule has 116 valence electrons. The first kappa shape index (κ1) is 15.5. The van der Waals surface area contributed by atoms with Crippen molar-refractivity contribution >= 4 is 11.6 Å². The van der Waals surface area contributed by atoms with Crippen molar-refractivity contribution in [2.75, 3.05) is 11.9 Å². The van der Waals surface area contributed by atoms with E-state index in [2.05, 4.69) is 5.32 Å². The number of benzene rings is 1. The third-order valence-corrected chi connectivity index (χ3v) is 3.07. The second-order valence-corrected chi connectivity index (χ2v) is 4.54. The summed E-state index contributed by atoms with van der Waals surface area (Å²) in [6.07, 6.45) is -9.62. The molecule has 0 aromatic heterocycles. The molecule has 21 heavy (non-hydrogen) atoms. The standard InChI is InChI=1S/C12H10F6N2O/c13-11(14,15)6-1-2-8-7(5-6)9(3-4-19-8)20-10(21)12(16,17)18/h1-2,5,9,19H,3-4H2,(H,20,21)/t9-/m1/s1. The highest BCUT2D eigenvalue weighted by Gasteiger charge is 2.41. The second-order valence-electron chi connectivity index (χ2n) is 4.54. The maximum absolute atomic E-state index is 12.6. The lowest BCUT2D eigenvalue weighted by molar-refractivity contribution is -0.174. The van der Waals surface area contributed by atoms with Gasteiger partial charge in [-0.2, -0.15) is 26.3 Å². The van der Waals surface area contributed by atoms with Crippen molar-refractivity contribution in [1.82, 2.24) is 5.32 Å². The molecule has 0 saturated carbocycles. The second kappa shape index (κ2) is 5.12. The Kier molecular flexibility index (Phi) is 3.77. The first-order chi connectivity index (χ1) is 9.59. The molecule has 1 aliphatic heterocycles. The Morgan fingerprint density at radius 2 is 1.86 bits per heavy atom. The molecule has 0 radical (unpaired) electrons. The molecule has 0 bridgehead atoms. The summed E-state index contributed by atoms with van der Waals surface area (Å²) < 4.78 is 74.7. The third kappa shape index (κ3) is 3.40. The van der Waals surface area contributed by atoms with Crippen LogP contribution in [0.25, 0.3) is 0 Å². The van der Waals surface area contributed by atoms with Gasteiger partial charge in [0.15, 0.2) is 0 Å². The SMILES string of the molecule is O=C(N[C@@H]1CCNc2ccc(C(F)(F)F)cc21)C(F)(F)F. The summed E-state index contributed by atoms with van der Waals surface area (Å²) in [4.78, 5) is 10.9. The van der Waals surface area contributed by atoms with Crippen LogP contribution in [0.3, 0.4) is 0 Å². The van der Waals surface area contributed by atoms with Crippen LogP contribution in [0.15, 0.2) is 18.2 Å². The number of alkyl halides is 6. The molecule has 1 amide bonds. The van der Waals surface area contributed by atoms with E-state index in [0.29, 0.717) is 0 Å². The highest BCUT2D eigenvalue weighted by atomic mass is 19.4. The molecule has 0 aliphatic carbocycles. The molecular weight excluding hydrogens is 302 g/mol. The smallest absolute Gasteiger partial charge is 0.385 e. The zero-order chi connectivity index (χ0) is 15.8. The van der Waals surface area contributed by atoms with Gasteiger partial charge in [0, 0.05) is 12.2 Å². The summed E-state index contributed by atoms with van der Waals surface area (Å²) in [7, 11) is 0. The van der Waals surface area contributed by atoms with Crippen LogP contribution in [-0.2, 0) is 11.0 Å². The lowest BCUT2D eigenvalue weighted by atomic mass is 9.95. The maximum Gasteiger partial charge on any atom is 0.471 e. The molecule has 3 nitrogen and oxygen atoms in total. The van der Waals surface area contributed by atoms with Crippen LogP contribution in [0.2, 0.25) is 0 Å². The van der Waals surface area contributed by atoms with Gasteiger partial charge in [0.2, 0.25) is 0 Å². The van der Waals surface area contributed by atoms with Crippen molar-refractivity contribution in [3.8, 4) is 0 Å². The van der Waals surface area contributed by atoms with Gasteiger partial charge in [-0.25, -0.2) is 0 Å². The van der Waals surface area contributed by atoms with E-state index in [1.54, 1.807) is 5.32 Å². The van der Waals surface area contributed by atoms with Crippen molar-refractivity contribution in [1.29, 1.82) is 0 Å². The van der Waals surface area contributed by atoms with Crippen molar-refractivity contribution in [2.45, 2.75) is 24.8 Å². The monoisotopic (exact) mass is 312 g/mol. The van der Waals surface area contributed by atoms with Gasteiger partial charge in [0.1, 0.15) is 0 Å². The van der Waals surface area contributed by atoms with E-state index in [9.17, 15) is 31.1 Å². The van der Waals surface area contributed by atoms with Crippen molar-refractivity contribution in [3.05, 3.63) is 29.3 Å². The number of fused-ring (bicyclic) bond motifs is 1. The fraction of sp³-hybridized carbons (Fsp3) is 0.417. The fourth-order valence-electron chi connectivity index (χ4n) is 2.09. The van der Waals surface area contributed by atoms with Crippen LogP contribution in [-0.4, -0.2) is 18.6 Å². The number of carbonyl (C=O) groups excluding carboxylic acids is 1. The summed E-state index contributed by atoms with van der Waals surface area (Å²) in [5.74, 6) is -2.17. The molecule has 0 unspecified atom stereocenters. The van der Waals surface area contributed by atoms with Crippen LogP contribution < -0.4 is 10.6 Å². The molecule has 1 heterocycles. The predicted octanol–water partition coefficient (Wildman–Crippen LogP) is 3.24. The van der Waals surface area contributed by atoms with E-state index in [1.165, 1.54) is 0 Å². The molecule has 1 atom stereocenters. The van der Waals surface area contributed by atoms with Gasteiger partial charge in [0.25, 0.3) is 0 Å². The van der Waals surface area contributed by atoms with E-state index >= 15 is 0 Å². The van der Waals surface area contributed by atoms with E-state index in [-0.39, 0.29) is 24.2 Å². The topological polar surface area (TPSA) is 41.1 Å². The summed E-state index contributed by atoms with van der Waals surface area (Å²) in [6.45, 7) is 0.251. The van der Waals surface area contributed by atoms with Gasteiger partial charge in [-0.1, -0.05) is 0 Å². The number of nitrogens with one attached hydrogen (secondary N) is 2. The maximum atomic E-state index is 12.6. The number of rotatable bonds is 1. The molecule has 1 aromatic carbocycles. The van der Waals surface area contributed by atoms with Crippen LogP contribution in [0.5, 0.6) is 0 Å². The normalized spacial score (nSPS) is 18.7. The van der Waals surface area contributed by atoms with Crippen LogP contribution >= 0.6 is 0 Å². The van der Waals surface area contributed by atoms with Crippen molar-refractivity contribution in [2.24, 2.45) is 0 Å². The Morgan fingerprint density at radius 1 is 1.19 bits per heavy atom. The van der Waals surface area contributed by atoms with E-state index in [4.69, 9.17) is 0 Å². The molecule has 2 N–H and O–H groups in total. The summed E-state index contributed by atoms with van der Waals surface area (Å²) in [5.41, 5.74) is -0.702. The summed E-state index contributed by atoms with van der Waals surface area (Å²) >= 11 is 0. The lowest BCUT2D eigenvalue weighted by Gasteiger charge is -2.28. The molecule has 0 spiro atoms. The van der Waals surface area contributed by atoms with Gasteiger partial charge >= 0.3 is 18.3 Å². The highest BCUT2D eigenvalue weighted by Crippen LogP contribution is 2.36. The minimum Gasteiger partial charge on any atom is -0.385 e. The minimum absolute atomic E-state index is 0.00586. The quantitative estimate of drug-likeness (QED) is 0.782. The van der Waals surface area contributed by atoms with E-state index in [1.807, 2.05) is 0 Å². The third-order valence-electron chi connectivity index (χ3n) is 3.07. The Balaban J connectivity index is 2.31. The predicted molar refractivity (Wildman–Crippen MR) is 61.5 cm³/mol. The molecule has 9 heteroatoms. The van der Waals surface area contributed by atoms with E-state index in [0.717, 1.165) is 18.2 Å². The minimum atomic E-state index is -5.08. The number of anilines is 1. The van der Waals surface area contributed by atoms with Gasteiger partial charge in [-0.3, -0.25) is 4.79 Å². The Bertz CT molecular complexity index is 552. The largest absolute Gasteiger partial charge is 0.471 e. The lowest BCUT2D eigenvalue weighted by Crippen LogP contribution is -2.41. The van der Waals surface area contributed by atoms with Crippen LogP contribution in [0.1, 0.15) is 23.6 Å². The highest BCUT2D eigenvalue weighted by molar-refractivity contribution is 5.82. The molecule has 1 aliphatic rings. The number of hydrogen-bond acceptors (Lipinski definition) is 2. The zero-order valence-corrected chi connectivity index (χ0v) is 10.4. The average Bonchev–Trinajstić information content (AvgIpc) is 2.36. The van der Waals surface area contributed by atoms with Crippen LogP contribution in [0.4, 0.5) is 32.0 Å². The Morgan fingerprint density at radius 3 is 2.43 bits per heavy atom. The Hall–Kier alpha value is -1.93.